The van der Waals surface area contributed by atoms with E-state index in [1.54, 1.807) is 32.9 Å². The first-order chi connectivity index (χ1) is 13.0. The van der Waals surface area contributed by atoms with Crippen LogP contribution in [0.15, 0.2) is 36.4 Å². The molecule has 0 spiro atoms. The van der Waals surface area contributed by atoms with Crippen LogP contribution in [0, 0.1) is 17.8 Å². The second-order valence-electron chi connectivity index (χ2n) is 8.16. The monoisotopic (exact) mass is 390 g/mol. The molecule has 0 unspecified atom stereocenters. The molecule has 0 fully saturated rings. The van der Waals surface area contributed by atoms with Crippen molar-refractivity contribution >= 4 is 23.8 Å². The number of carbonyl (C=O) groups is 3. The second kappa shape index (κ2) is 10.8. The number of aliphatic carboxylic acids is 1. The lowest BCUT2D eigenvalue weighted by molar-refractivity contribution is -0.317. The molecule has 1 aromatic rings. The van der Waals surface area contributed by atoms with Crippen molar-refractivity contribution < 1.29 is 29.3 Å². The Labute approximate surface area is 166 Å². The van der Waals surface area contributed by atoms with E-state index in [2.05, 4.69) is 4.89 Å². The summed E-state index contributed by atoms with van der Waals surface area (Å²) in [6, 6.07) is 9.42. The Morgan fingerprint density at radius 1 is 1.07 bits per heavy atom. The Morgan fingerprint density at radius 3 is 2.18 bits per heavy atom. The molecule has 1 aromatic carbocycles. The van der Waals surface area contributed by atoms with Gasteiger partial charge in [-0.1, -0.05) is 56.3 Å². The van der Waals surface area contributed by atoms with Crippen molar-refractivity contribution in [2.75, 3.05) is 0 Å². The molecule has 28 heavy (non-hydrogen) atoms. The molecule has 0 saturated carbocycles. The van der Waals surface area contributed by atoms with E-state index >= 15 is 0 Å². The third kappa shape index (κ3) is 8.48. The van der Waals surface area contributed by atoms with Gasteiger partial charge in [-0.3, -0.25) is 14.5 Å². The minimum atomic E-state index is -1.18. The Morgan fingerprint density at radius 2 is 1.68 bits per heavy atom. The molecule has 0 saturated heterocycles. The van der Waals surface area contributed by atoms with Gasteiger partial charge in [0.1, 0.15) is 5.60 Å². The SMILES string of the molecule is CC(C)C[C@@H](C(=O)O)[C@H](C/C=C/c1ccccc1)C(=O)C(=O)OOC(C)(C)C. The number of carboxylic acids is 1. The molecule has 1 rings (SSSR count). The van der Waals surface area contributed by atoms with Crippen molar-refractivity contribution in [2.24, 2.45) is 17.8 Å². The highest BCUT2D eigenvalue weighted by atomic mass is 17.2. The summed E-state index contributed by atoms with van der Waals surface area (Å²) in [5, 5.41) is 9.64. The van der Waals surface area contributed by atoms with Crippen molar-refractivity contribution in [1.82, 2.24) is 0 Å². The van der Waals surface area contributed by atoms with E-state index in [-0.39, 0.29) is 18.8 Å². The molecular formula is C22H30O6. The topological polar surface area (TPSA) is 89.9 Å². The van der Waals surface area contributed by atoms with Crippen LogP contribution in [0.25, 0.3) is 6.08 Å². The summed E-state index contributed by atoms with van der Waals surface area (Å²) in [4.78, 5) is 46.2. The minimum absolute atomic E-state index is 0.0522. The summed E-state index contributed by atoms with van der Waals surface area (Å²) < 4.78 is 0. The zero-order valence-corrected chi connectivity index (χ0v) is 17.2. The molecule has 0 aliphatic rings. The number of hydrogen-bond acceptors (Lipinski definition) is 5. The van der Waals surface area contributed by atoms with E-state index in [0.717, 1.165) is 5.56 Å². The molecule has 6 nitrogen and oxygen atoms in total. The van der Waals surface area contributed by atoms with Crippen molar-refractivity contribution in [3.05, 3.63) is 42.0 Å². The molecule has 0 aliphatic heterocycles. The lowest BCUT2D eigenvalue weighted by Gasteiger charge is -2.23. The van der Waals surface area contributed by atoms with Gasteiger partial charge in [-0.15, -0.1) is 0 Å². The van der Waals surface area contributed by atoms with E-state index in [1.807, 2.05) is 44.2 Å². The molecule has 0 amide bonds. The first kappa shape index (κ1) is 23.6. The molecular weight excluding hydrogens is 360 g/mol. The molecule has 0 heterocycles. The number of benzene rings is 1. The Kier molecular flexibility index (Phi) is 9.06. The van der Waals surface area contributed by atoms with Crippen LogP contribution in [0.4, 0.5) is 0 Å². The number of rotatable bonds is 10. The predicted molar refractivity (Wildman–Crippen MR) is 106 cm³/mol. The van der Waals surface area contributed by atoms with Crippen molar-refractivity contribution in [3.8, 4) is 0 Å². The first-order valence-electron chi connectivity index (χ1n) is 9.39. The molecule has 0 aromatic heterocycles. The standard InChI is InChI=1S/C22H30O6/c1-15(2)14-18(20(24)25)17(13-9-12-16-10-7-6-8-11-16)19(23)21(26)27-28-22(3,4)5/h6-12,15,17-18H,13-14H2,1-5H3,(H,24,25)/b12-9+/t17-,18+/m0/s1. The number of carboxylic acid groups (broad SMARTS) is 1. The number of ketones is 1. The van der Waals surface area contributed by atoms with E-state index < -0.39 is 35.2 Å². The van der Waals surface area contributed by atoms with Gasteiger partial charge in [0.05, 0.1) is 5.92 Å². The quantitative estimate of drug-likeness (QED) is 0.364. The maximum Gasteiger partial charge on any atom is 0.408 e. The van der Waals surface area contributed by atoms with Crippen LogP contribution in [-0.4, -0.2) is 28.4 Å². The zero-order chi connectivity index (χ0) is 21.3. The van der Waals surface area contributed by atoms with Gasteiger partial charge >= 0.3 is 11.9 Å². The molecule has 154 valence electrons. The average Bonchev–Trinajstić information content (AvgIpc) is 2.61. The lowest BCUT2D eigenvalue weighted by atomic mass is 9.80. The minimum Gasteiger partial charge on any atom is -0.481 e. The van der Waals surface area contributed by atoms with Crippen LogP contribution in [0.3, 0.4) is 0 Å². The average molecular weight is 390 g/mol. The fourth-order valence-corrected chi connectivity index (χ4v) is 2.67. The number of hydrogen-bond donors (Lipinski definition) is 1. The summed E-state index contributed by atoms with van der Waals surface area (Å²) in [5.74, 6) is -5.15. The molecule has 2 atom stereocenters. The summed E-state index contributed by atoms with van der Waals surface area (Å²) in [6.07, 6.45) is 3.90. The van der Waals surface area contributed by atoms with Gasteiger partial charge in [-0.05, 0) is 45.1 Å². The summed E-state index contributed by atoms with van der Waals surface area (Å²) >= 11 is 0. The largest absolute Gasteiger partial charge is 0.481 e. The highest BCUT2D eigenvalue weighted by molar-refractivity contribution is 6.34. The van der Waals surface area contributed by atoms with E-state index in [0.29, 0.717) is 0 Å². The van der Waals surface area contributed by atoms with Crippen LogP contribution in [0.2, 0.25) is 0 Å². The van der Waals surface area contributed by atoms with Crippen molar-refractivity contribution in [3.63, 3.8) is 0 Å². The molecule has 6 heteroatoms. The molecule has 1 N–H and O–H groups in total. The van der Waals surface area contributed by atoms with Gasteiger partial charge in [-0.2, -0.15) is 4.89 Å². The van der Waals surface area contributed by atoms with Crippen LogP contribution in [0.5, 0.6) is 0 Å². The Balaban J connectivity index is 3.01. The highest BCUT2D eigenvalue weighted by Crippen LogP contribution is 2.26. The second-order valence-corrected chi connectivity index (χ2v) is 8.16. The van der Waals surface area contributed by atoms with Gasteiger partial charge in [0.25, 0.3) is 0 Å². The maximum absolute atomic E-state index is 12.7. The summed E-state index contributed by atoms with van der Waals surface area (Å²) in [7, 11) is 0. The summed E-state index contributed by atoms with van der Waals surface area (Å²) in [6.45, 7) is 8.76. The van der Waals surface area contributed by atoms with Crippen molar-refractivity contribution in [1.29, 1.82) is 0 Å². The van der Waals surface area contributed by atoms with Crippen LogP contribution < -0.4 is 0 Å². The van der Waals surface area contributed by atoms with Gasteiger partial charge < -0.3 is 5.11 Å². The molecule has 0 aliphatic carbocycles. The molecule has 0 radical (unpaired) electrons. The van der Waals surface area contributed by atoms with Gasteiger partial charge in [0, 0.05) is 5.92 Å². The first-order valence-corrected chi connectivity index (χ1v) is 9.39. The maximum atomic E-state index is 12.7. The fraction of sp³-hybridized carbons (Fsp3) is 0.500. The van der Waals surface area contributed by atoms with E-state index in [9.17, 15) is 19.5 Å². The predicted octanol–water partition coefficient (Wildman–Crippen LogP) is 4.30. The van der Waals surface area contributed by atoms with Crippen LogP contribution in [-0.2, 0) is 24.2 Å². The number of Topliss-reactive ketones (excluding diaryl/α,β-unsaturated/α-hetero) is 1. The molecule has 0 bridgehead atoms. The van der Waals surface area contributed by atoms with E-state index in [1.165, 1.54) is 0 Å². The van der Waals surface area contributed by atoms with Crippen LogP contribution in [0.1, 0.15) is 53.0 Å². The van der Waals surface area contributed by atoms with Gasteiger partial charge in [0.15, 0.2) is 0 Å². The van der Waals surface area contributed by atoms with Crippen molar-refractivity contribution in [2.45, 2.75) is 53.1 Å². The number of allylic oxidation sites excluding steroid dienone is 1. The highest BCUT2D eigenvalue weighted by Gasteiger charge is 2.38. The smallest absolute Gasteiger partial charge is 0.408 e. The third-order valence-electron chi connectivity index (χ3n) is 3.93. The van der Waals surface area contributed by atoms with Gasteiger partial charge in [0.2, 0.25) is 5.78 Å². The Bertz CT molecular complexity index is 685. The zero-order valence-electron chi connectivity index (χ0n) is 17.2. The normalized spacial score (nSPS) is 14.1. The van der Waals surface area contributed by atoms with Crippen LogP contribution >= 0.6 is 0 Å². The Hall–Kier alpha value is -2.47. The number of carbonyl (C=O) groups excluding carboxylic acids is 2. The van der Waals surface area contributed by atoms with Gasteiger partial charge in [-0.25, -0.2) is 4.79 Å². The fourth-order valence-electron chi connectivity index (χ4n) is 2.67. The summed E-state index contributed by atoms with van der Waals surface area (Å²) in [5.41, 5.74) is 0.144. The lowest BCUT2D eigenvalue weighted by Crippen LogP contribution is -2.36. The van der Waals surface area contributed by atoms with E-state index in [4.69, 9.17) is 4.89 Å². The third-order valence-corrected chi connectivity index (χ3v) is 3.93.